The van der Waals surface area contributed by atoms with Gasteiger partial charge in [0, 0.05) is 0 Å². The first-order chi connectivity index (χ1) is 7.27. The van der Waals surface area contributed by atoms with E-state index in [9.17, 15) is 4.57 Å². The summed E-state index contributed by atoms with van der Waals surface area (Å²) in [6, 6.07) is 0. The molecule has 1 aliphatic carbocycles. The Kier molecular flexibility index (Phi) is 6.43. The van der Waals surface area contributed by atoms with E-state index in [1.165, 1.54) is 32.1 Å². The Hall–Kier alpha value is 0.0600. The van der Waals surface area contributed by atoms with E-state index < -0.39 is 8.03 Å². The Bertz CT molecular complexity index is 188. The lowest BCUT2D eigenvalue weighted by Crippen LogP contribution is -2.14. The average Bonchev–Trinajstić information content (AvgIpc) is 2.29. The van der Waals surface area contributed by atoms with Crippen molar-refractivity contribution in [3.8, 4) is 0 Å². The van der Waals surface area contributed by atoms with Gasteiger partial charge in [0.1, 0.15) is 0 Å². The van der Waals surface area contributed by atoms with E-state index in [1.54, 1.807) is 7.11 Å². The van der Waals surface area contributed by atoms with Gasteiger partial charge in [0.15, 0.2) is 5.66 Å². The molecule has 0 aromatic rings. The molecule has 0 spiro atoms. The molecule has 0 N–H and O–H groups in total. The van der Waals surface area contributed by atoms with Crippen molar-refractivity contribution >= 4 is 8.03 Å². The lowest BCUT2D eigenvalue weighted by Gasteiger charge is -2.21. The van der Waals surface area contributed by atoms with Crippen LogP contribution in [-0.4, -0.2) is 12.8 Å². The molecule has 1 saturated carbocycles. The van der Waals surface area contributed by atoms with E-state index in [0.29, 0.717) is 5.66 Å². The molecule has 0 heterocycles. The largest absolute Gasteiger partial charge is 0.510 e. The molecular weight excluding hydrogens is 207 g/mol. The molecule has 0 aliphatic heterocycles. The lowest BCUT2D eigenvalue weighted by molar-refractivity contribution is 0.319. The third kappa shape index (κ3) is 4.61. The molecule has 1 rings (SSSR count). The third-order valence-corrected chi connectivity index (χ3v) is 4.86. The molecule has 1 aliphatic rings. The zero-order valence-electron chi connectivity index (χ0n) is 10.1. The number of hydrogen-bond acceptors (Lipinski definition) is 2. The second-order valence-corrected chi connectivity index (χ2v) is 6.32. The Morgan fingerprint density at radius 2 is 2.00 bits per heavy atom. The maximum absolute atomic E-state index is 11.7. The summed E-state index contributed by atoms with van der Waals surface area (Å²) in [6.07, 6.45) is 10.1. The molecule has 1 fully saturated rings. The SMILES string of the molecule is CCCC(CC1CCCCC1)[P+](=O)OC. The molecule has 0 radical (unpaired) electrons. The van der Waals surface area contributed by atoms with Crippen molar-refractivity contribution in [3.05, 3.63) is 0 Å². The summed E-state index contributed by atoms with van der Waals surface area (Å²) >= 11 is 0. The van der Waals surface area contributed by atoms with E-state index in [-0.39, 0.29) is 0 Å². The molecular formula is C12H24O2P+. The van der Waals surface area contributed by atoms with Crippen LogP contribution in [0.2, 0.25) is 0 Å². The highest BCUT2D eigenvalue weighted by atomic mass is 31.1. The molecule has 3 heteroatoms. The molecule has 0 aromatic carbocycles. The van der Waals surface area contributed by atoms with Crippen LogP contribution >= 0.6 is 8.03 Å². The van der Waals surface area contributed by atoms with Crippen molar-refractivity contribution in [2.45, 2.75) is 63.9 Å². The zero-order chi connectivity index (χ0) is 11.1. The fourth-order valence-electron chi connectivity index (χ4n) is 2.60. The number of hydrogen-bond donors (Lipinski definition) is 0. The summed E-state index contributed by atoms with van der Waals surface area (Å²) in [5, 5.41) is 0. The summed E-state index contributed by atoms with van der Waals surface area (Å²) in [5.41, 5.74) is 0.304. The van der Waals surface area contributed by atoms with Gasteiger partial charge in [0.25, 0.3) is 0 Å². The summed E-state index contributed by atoms with van der Waals surface area (Å²) in [7, 11) is 0.149. The summed E-state index contributed by atoms with van der Waals surface area (Å²) in [5.74, 6) is 0.810. The Morgan fingerprint density at radius 1 is 1.33 bits per heavy atom. The van der Waals surface area contributed by atoms with Crippen LogP contribution in [0.5, 0.6) is 0 Å². The molecule has 0 bridgehead atoms. The topological polar surface area (TPSA) is 26.3 Å². The quantitative estimate of drug-likeness (QED) is 0.628. The highest BCUT2D eigenvalue weighted by molar-refractivity contribution is 7.40. The molecule has 2 atom stereocenters. The molecule has 15 heavy (non-hydrogen) atoms. The van der Waals surface area contributed by atoms with Crippen LogP contribution < -0.4 is 0 Å². The maximum Gasteiger partial charge on any atom is 0.510 e. The average molecular weight is 231 g/mol. The van der Waals surface area contributed by atoms with E-state index in [4.69, 9.17) is 4.52 Å². The molecule has 2 unspecified atom stereocenters. The highest BCUT2D eigenvalue weighted by Crippen LogP contribution is 2.39. The normalized spacial score (nSPS) is 21.3. The Labute approximate surface area is 94.7 Å². The van der Waals surface area contributed by atoms with Crippen molar-refractivity contribution in [2.75, 3.05) is 7.11 Å². The fourth-order valence-corrected chi connectivity index (χ4v) is 3.84. The van der Waals surface area contributed by atoms with E-state index in [2.05, 4.69) is 6.92 Å². The van der Waals surface area contributed by atoms with Crippen molar-refractivity contribution < 1.29 is 9.09 Å². The van der Waals surface area contributed by atoms with Gasteiger partial charge in [-0.1, -0.05) is 45.4 Å². The van der Waals surface area contributed by atoms with Crippen molar-refractivity contribution in [2.24, 2.45) is 5.92 Å². The Balaban J connectivity index is 2.38. The third-order valence-electron chi connectivity index (χ3n) is 3.43. The van der Waals surface area contributed by atoms with Crippen LogP contribution in [0.15, 0.2) is 0 Å². The van der Waals surface area contributed by atoms with Crippen LogP contribution in [0.3, 0.4) is 0 Å². The van der Waals surface area contributed by atoms with E-state index in [1.807, 2.05) is 0 Å². The van der Waals surface area contributed by atoms with Gasteiger partial charge in [-0.3, -0.25) is 0 Å². The summed E-state index contributed by atoms with van der Waals surface area (Å²) in [6.45, 7) is 2.16. The van der Waals surface area contributed by atoms with Crippen molar-refractivity contribution in [1.29, 1.82) is 0 Å². The van der Waals surface area contributed by atoms with Crippen LogP contribution in [0.4, 0.5) is 0 Å². The predicted octanol–water partition coefficient (Wildman–Crippen LogP) is 4.51. The second-order valence-electron chi connectivity index (χ2n) is 4.65. The molecule has 0 amide bonds. The van der Waals surface area contributed by atoms with E-state index >= 15 is 0 Å². The fraction of sp³-hybridized carbons (Fsp3) is 1.00. The standard InChI is InChI=1S/C12H24O2P/c1-3-7-12(15(13)14-2)10-11-8-5-4-6-9-11/h11-12H,3-10H2,1-2H3/q+1. The first-order valence-electron chi connectivity index (χ1n) is 6.28. The first kappa shape index (κ1) is 13.1. The van der Waals surface area contributed by atoms with Gasteiger partial charge in [0.05, 0.1) is 7.11 Å². The molecule has 0 saturated heterocycles. The Morgan fingerprint density at radius 3 is 2.53 bits per heavy atom. The molecule has 0 aromatic heterocycles. The summed E-state index contributed by atoms with van der Waals surface area (Å²) < 4.78 is 16.7. The minimum Gasteiger partial charge on any atom is -0.149 e. The van der Waals surface area contributed by atoms with Gasteiger partial charge in [-0.15, -0.1) is 4.52 Å². The van der Waals surface area contributed by atoms with Crippen LogP contribution in [0.25, 0.3) is 0 Å². The lowest BCUT2D eigenvalue weighted by atomic mass is 9.85. The van der Waals surface area contributed by atoms with Gasteiger partial charge in [0.2, 0.25) is 0 Å². The van der Waals surface area contributed by atoms with Crippen molar-refractivity contribution in [3.63, 3.8) is 0 Å². The zero-order valence-corrected chi connectivity index (χ0v) is 11.0. The van der Waals surface area contributed by atoms with Crippen molar-refractivity contribution in [1.82, 2.24) is 0 Å². The first-order valence-corrected chi connectivity index (χ1v) is 7.53. The van der Waals surface area contributed by atoms with Gasteiger partial charge in [-0.2, -0.15) is 0 Å². The predicted molar refractivity (Wildman–Crippen MR) is 64.5 cm³/mol. The highest BCUT2D eigenvalue weighted by Gasteiger charge is 2.33. The van der Waals surface area contributed by atoms with Gasteiger partial charge < -0.3 is 0 Å². The number of rotatable bonds is 6. The minimum atomic E-state index is -1.42. The van der Waals surface area contributed by atoms with Crippen LogP contribution in [0.1, 0.15) is 58.3 Å². The maximum atomic E-state index is 11.7. The van der Waals surface area contributed by atoms with Crippen LogP contribution in [-0.2, 0) is 9.09 Å². The molecule has 2 nitrogen and oxygen atoms in total. The van der Waals surface area contributed by atoms with Gasteiger partial charge >= 0.3 is 8.03 Å². The van der Waals surface area contributed by atoms with E-state index in [0.717, 1.165) is 25.2 Å². The smallest absolute Gasteiger partial charge is 0.149 e. The minimum absolute atomic E-state index is 0.304. The van der Waals surface area contributed by atoms with Gasteiger partial charge in [-0.25, -0.2) is 0 Å². The summed E-state index contributed by atoms with van der Waals surface area (Å²) in [4.78, 5) is 0. The second kappa shape index (κ2) is 7.35. The monoisotopic (exact) mass is 231 g/mol. The van der Waals surface area contributed by atoms with Gasteiger partial charge in [-0.05, 0) is 23.3 Å². The molecule has 88 valence electrons. The van der Waals surface area contributed by atoms with Crippen LogP contribution in [0, 0.1) is 5.92 Å².